The van der Waals surface area contributed by atoms with Gasteiger partial charge in [-0.05, 0) is 37.3 Å². The zero-order valence-corrected chi connectivity index (χ0v) is 13.2. The molecule has 0 saturated heterocycles. The molecular weight excluding hydrogens is 325 g/mol. The molecule has 0 heterocycles. The number of halogens is 2. The van der Waals surface area contributed by atoms with Crippen molar-refractivity contribution in [2.45, 2.75) is 13.0 Å². The predicted molar refractivity (Wildman–Crippen MR) is 86.4 cm³/mol. The van der Waals surface area contributed by atoms with Crippen molar-refractivity contribution < 1.29 is 14.3 Å². The zero-order chi connectivity index (χ0) is 16.1. The Morgan fingerprint density at radius 1 is 1.09 bits per heavy atom. The fourth-order valence-corrected chi connectivity index (χ4v) is 2.18. The van der Waals surface area contributed by atoms with Crippen molar-refractivity contribution in [3.05, 3.63) is 64.1 Å². The molecule has 0 unspecified atom stereocenters. The van der Waals surface area contributed by atoms with Gasteiger partial charge >= 0.3 is 5.97 Å². The van der Waals surface area contributed by atoms with Gasteiger partial charge in [-0.2, -0.15) is 0 Å². The topological polar surface area (TPSA) is 55.4 Å². The second kappa shape index (κ2) is 7.29. The standard InChI is InChI=1S/C16H13Cl2NO3/c1-10(15(20)19-12-5-3-2-4-6-12)22-16(21)13-8-7-11(17)9-14(13)18/h2-10H,1H3,(H,19,20)/t10-/m1/s1. The minimum atomic E-state index is -0.959. The second-order valence-electron chi connectivity index (χ2n) is 4.53. The van der Waals surface area contributed by atoms with Crippen LogP contribution in [0.1, 0.15) is 17.3 Å². The van der Waals surface area contributed by atoms with Crippen LogP contribution in [-0.2, 0) is 9.53 Å². The Morgan fingerprint density at radius 3 is 2.41 bits per heavy atom. The summed E-state index contributed by atoms with van der Waals surface area (Å²) in [5.41, 5.74) is 0.783. The molecule has 0 aliphatic heterocycles. The summed E-state index contributed by atoms with van der Waals surface area (Å²) in [4.78, 5) is 24.0. The maximum absolute atomic E-state index is 12.0. The number of hydrogen-bond acceptors (Lipinski definition) is 3. The molecule has 0 radical (unpaired) electrons. The molecule has 114 valence electrons. The number of nitrogens with one attached hydrogen (secondary N) is 1. The molecule has 2 aromatic rings. The van der Waals surface area contributed by atoms with Crippen molar-refractivity contribution in [3.63, 3.8) is 0 Å². The number of anilines is 1. The van der Waals surface area contributed by atoms with Gasteiger partial charge in [-0.1, -0.05) is 41.4 Å². The summed E-state index contributed by atoms with van der Waals surface area (Å²) in [6.07, 6.45) is -0.959. The van der Waals surface area contributed by atoms with E-state index in [0.29, 0.717) is 10.7 Å². The van der Waals surface area contributed by atoms with Crippen LogP contribution in [0.5, 0.6) is 0 Å². The number of carbonyl (C=O) groups excluding carboxylic acids is 2. The van der Waals surface area contributed by atoms with Crippen LogP contribution in [0.25, 0.3) is 0 Å². The van der Waals surface area contributed by atoms with Gasteiger partial charge < -0.3 is 10.1 Å². The molecule has 0 saturated carbocycles. The molecule has 1 atom stereocenters. The van der Waals surface area contributed by atoms with E-state index >= 15 is 0 Å². The van der Waals surface area contributed by atoms with Crippen molar-refractivity contribution >= 4 is 40.8 Å². The van der Waals surface area contributed by atoms with Crippen LogP contribution in [-0.4, -0.2) is 18.0 Å². The highest BCUT2D eigenvalue weighted by Crippen LogP contribution is 2.22. The van der Waals surface area contributed by atoms with Crippen molar-refractivity contribution in [3.8, 4) is 0 Å². The van der Waals surface area contributed by atoms with Crippen molar-refractivity contribution in [2.75, 3.05) is 5.32 Å². The van der Waals surface area contributed by atoms with Gasteiger partial charge in [0.05, 0.1) is 10.6 Å². The number of para-hydroxylation sites is 1. The van der Waals surface area contributed by atoms with Crippen LogP contribution in [0.2, 0.25) is 10.0 Å². The Hall–Kier alpha value is -2.04. The normalized spacial score (nSPS) is 11.6. The number of rotatable bonds is 4. The summed E-state index contributed by atoms with van der Waals surface area (Å²) in [7, 11) is 0. The van der Waals surface area contributed by atoms with Gasteiger partial charge in [0.2, 0.25) is 0 Å². The summed E-state index contributed by atoms with van der Waals surface area (Å²) in [6.45, 7) is 1.49. The molecule has 1 N–H and O–H groups in total. The lowest BCUT2D eigenvalue weighted by Crippen LogP contribution is -2.30. The van der Waals surface area contributed by atoms with Gasteiger partial charge in [0.25, 0.3) is 5.91 Å². The minimum absolute atomic E-state index is 0.158. The summed E-state index contributed by atoms with van der Waals surface area (Å²) >= 11 is 11.7. The van der Waals surface area contributed by atoms with Gasteiger partial charge in [0.15, 0.2) is 6.10 Å². The fourth-order valence-electron chi connectivity index (χ4n) is 1.70. The SMILES string of the molecule is C[C@@H](OC(=O)c1ccc(Cl)cc1Cl)C(=O)Nc1ccccc1. The van der Waals surface area contributed by atoms with Crippen LogP contribution in [0.4, 0.5) is 5.69 Å². The first-order valence-electron chi connectivity index (χ1n) is 6.49. The molecule has 0 fully saturated rings. The molecule has 22 heavy (non-hydrogen) atoms. The van der Waals surface area contributed by atoms with Crippen molar-refractivity contribution in [1.29, 1.82) is 0 Å². The van der Waals surface area contributed by atoms with Crippen LogP contribution in [0.3, 0.4) is 0 Å². The molecule has 0 aliphatic rings. The fraction of sp³-hybridized carbons (Fsp3) is 0.125. The Balaban J connectivity index is 2.00. The van der Waals surface area contributed by atoms with E-state index in [-0.39, 0.29) is 10.6 Å². The minimum Gasteiger partial charge on any atom is -0.449 e. The molecule has 2 aromatic carbocycles. The first-order valence-corrected chi connectivity index (χ1v) is 7.25. The van der Waals surface area contributed by atoms with E-state index in [4.69, 9.17) is 27.9 Å². The first kappa shape index (κ1) is 16.3. The largest absolute Gasteiger partial charge is 0.449 e. The van der Waals surface area contributed by atoms with Crippen molar-refractivity contribution in [1.82, 2.24) is 0 Å². The quantitative estimate of drug-likeness (QED) is 0.851. The van der Waals surface area contributed by atoms with Gasteiger partial charge in [-0.15, -0.1) is 0 Å². The Kier molecular flexibility index (Phi) is 5.41. The lowest BCUT2D eigenvalue weighted by Gasteiger charge is -2.14. The van der Waals surface area contributed by atoms with Crippen LogP contribution in [0, 0.1) is 0 Å². The number of ether oxygens (including phenoxy) is 1. The van der Waals surface area contributed by atoms with Crippen LogP contribution >= 0.6 is 23.2 Å². The highest BCUT2D eigenvalue weighted by atomic mass is 35.5. The summed E-state index contributed by atoms with van der Waals surface area (Å²) in [5.74, 6) is -1.11. The van der Waals surface area contributed by atoms with Crippen molar-refractivity contribution in [2.24, 2.45) is 0 Å². The highest BCUT2D eigenvalue weighted by molar-refractivity contribution is 6.36. The molecule has 0 bridgehead atoms. The van der Waals surface area contributed by atoms with Gasteiger partial charge in [-0.3, -0.25) is 4.79 Å². The Labute approximate surface area is 138 Å². The average molecular weight is 338 g/mol. The first-order chi connectivity index (χ1) is 10.5. The van der Waals surface area contributed by atoms with Crippen LogP contribution < -0.4 is 5.32 Å². The van der Waals surface area contributed by atoms with E-state index in [0.717, 1.165) is 0 Å². The summed E-state index contributed by atoms with van der Waals surface area (Å²) in [5, 5.41) is 3.24. The van der Waals surface area contributed by atoms with E-state index in [1.54, 1.807) is 24.3 Å². The molecule has 2 rings (SSSR count). The second-order valence-corrected chi connectivity index (χ2v) is 5.37. The molecule has 0 aromatic heterocycles. The third kappa shape index (κ3) is 4.23. The highest BCUT2D eigenvalue weighted by Gasteiger charge is 2.20. The lowest BCUT2D eigenvalue weighted by molar-refractivity contribution is -0.123. The number of hydrogen-bond donors (Lipinski definition) is 1. The lowest BCUT2D eigenvalue weighted by atomic mass is 10.2. The monoisotopic (exact) mass is 337 g/mol. The number of amides is 1. The predicted octanol–water partition coefficient (Wildman–Crippen LogP) is 4.18. The smallest absolute Gasteiger partial charge is 0.340 e. The van der Waals surface area contributed by atoms with E-state index in [9.17, 15) is 9.59 Å². The van der Waals surface area contributed by atoms with Crippen LogP contribution in [0.15, 0.2) is 48.5 Å². The van der Waals surface area contributed by atoms with E-state index in [2.05, 4.69) is 5.32 Å². The van der Waals surface area contributed by atoms with E-state index < -0.39 is 18.0 Å². The molecule has 1 amide bonds. The molecular formula is C16H13Cl2NO3. The Bertz CT molecular complexity index is 689. The number of benzene rings is 2. The number of esters is 1. The van der Waals surface area contributed by atoms with E-state index in [1.165, 1.54) is 25.1 Å². The zero-order valence-electron chi connectivity index (χ0n) is 11.7. The average Bonchev–Trinajstić information content (AvgIpc) is 2.47. The Morgan fingerprint density at radius 2 is 1.77 bits per heavy atom. The summed E-state index contributed by atoms with van der Waals surface area (Å²) < 4.78 is 5.11. The van der Waals surface area contributed by atoms with Gasteiger partial charge in [0, 0.05) is 10.7 Å². The maximum Gasteiger partial charge on any atom is 0.340 e. The summed E-state index contributed by atoms with van der Waals surface area (Å²) in [6, 6.07) is 13.3. The molecule has 4 nitrogen and oxygen atoms in total. The maximum atomic E-state index is 12.0. The molecule has 0 spiro atoms. The molecule has 0 aliphatic carbocycles. The third-order valence-electron chi connectivity index (χ3n) is 2.85. The number of carbonyl (C=O) groups is 2. The van der Waals surface area contributed by atoms with E-state index in [1.807, 2.05) is 6.07 Å². The molecule has 6 heteroatoms. The third-order valence-corrected chi connectivity index (χ3v) is 3.39. The van der Waals surface area contributed by atoms with Gasteiger partial charge in [-0.25, -0.2) is 4.79 Å². The van der Waals surface area contributed by atoms with Gasteiger partial charge in [0.1, 0.15) is 0 Å².